The SMILES string of the molecule is CC(C)C[C@H](N)C(=O)NC1CCCN(S(=O)(=O)c2cccs2)CC1=O. The van der Waals surface area contributed by atoms with Crippen molar-refractivity contribution < 1.29 is 18.0 Å². The van der Waals surface area contributed by atoms with E-state index in [4.69, 9.17) is 5.73 Å². The Hall–Kier alpha value is -1.29. The van der Waals surface area contributed by atoms with E-state index in [0.717, 1.165) is 11.3 Å². The van der Waals surface area contributed by atoms with E-state index < -0.39 is 22.1 Å². The van der Waals surface area contributed by atoms with Crippen molar-refractivity contribution in [3.8, 4) is 0 Å². The second-order valence-electron chi connectivity index (χ2n) is 6.68. The lowest BCUT2D eigenvalue weighted by molar-refractivity contribution is -0.128. The van der Waals surface area contributed by atoms with Crippen LogP contribution in [0.15, 0.2) is 21.7 Å². The highest BCUT2D eigenvalue weighted by atomic mass is 32.2. The number of hydrogen-bond donors (Lipinski definition) is 2. The Morgan fingerprint density at radius 1 is 1.48 bits per heavy atom. The van der Waals surface area contributed by atoms with Gasteiger partial charge in [-0.2, -0.15) is 4.31 Å². The summed E-state index contributed by atoms with van der Waals surface area (Å²) < 4.78 is 26.6. The van der Waals surface area contributed by atoms with E-state index in [9.17, 15) is 18.0 Å². The van der Waals surface area contributed by atoms with Crippen molar-refractivity contribution in [2.75, 3.05) is 13.1 Å². The van der Waals surface area contributed by atoms with Crippen LogP contribution in [0, 0.1) is 5.92 Å². The molecule has 0 aromatic carbocycles. The van der Waals surface area contributed by atoms with Gasteiger partial charge in [-0.1, -0.05) is 19.9 Å². The molecule has 9 heteroatoms. The molecular weight excluding hydrogens is 362 g/mol. The summed E-state index contributed by atoms with van der Waals surface area (Å²) in [4.78, 5) is 24.6. The highest BCUT2D eigenvalue weighted by molar-refractivity contribution is 7.91. The third-order valence-corrected chi connectivity index (χ3v) is 7.31. The van der Waals surface area contributed by atoms with E-state index in [-0.39, 0.29) is 34.9 Å². The number of sulfonamides is 1. The number of carbonyl (C=O) groups excluding carboxylic acids is 2. The number of rotatable bonds is 6. The average molecular weight is 388 g/mol. The third kappa shape index (κ3) is 5.10. The number of thiophene rings is 1. The molecule has 1 aliphatic heterocycles. The molecule has 0 aliphatic carbocycles. The van der Waals surface area contributed by atoms with E-state index in [1.165, 1.54) is 10.4 Å². The minimum absolute atomic E-state index is 0.224. The predicted octanol–water partition coefficient (Wildman–Crippen LogP) is 0.960. The second kappa shape index (κ2) is 8.39. The number of hydrogen-bond acceptors (Lipinski definition) is 6. The summed E-state index contributed by atoms with van der Waals surface area (Å²) in [6.07, 6.45) is 1.45. The highest BCUT2D eigenvalue weighted by Crippen LogP contribution is 2.23. The first-order valence-corrected chi connectivity index (χ1v) is 10.7. The van der Waals surface area contributed by atoms with Gasteiger partial charge in [0.05, 0.1) is 18.6 Å². The zero-order chi connectivity index (χ0) is 18.6. The number of Topliss-reactive ketones (excluding diaryl/α,β-unsaturated/α-hetero) is 1. The van der Waals surface area contributed by atoms with E-state index in [0.29, 0.717) is 19.3 Å². The molecule has 2 atom stereocenters. The molecule has 1 aromatic heterocycles. The topological polar surface area (TPSA) is 110 Å². The normalized spacial score (nSPS) is 21.1. The predicted molar refractivity (Wildman–Crippen MR) is 96.7 cm³/mol. The summed E-state index contributed by atoms with van der Waals surface area (Å²) in [7, 11) is -3.67. The fourth-order valence-electron chi connectivity index (χ4n) is 2.78. The number of carbonyl (C=O) groups is 2. The van der Waals surface area contributed by atoms with Crippen molar-refractivity contribution >= 4 is 33.1 Å². The maximum Gasteiger partial charge on any atom is 0.252 e. The number of ketones is 1. The summed E-state index contributed by atoms with van der Waals surface area (Å²) in [5.41, 5.74) is 5.85. The molecule has 1 saturated heterocycles. The summed E-state index contributed by atoms with van der Waals surface area (Å²) in [5.74, 6) is -0.388. The van der Waals surface area contributed by atoms with E-state index in [1.54, 1.807) is 11.4 Å². The first-order chi connectivity index (χ1) is 11.7. The molecule has 0 spiro atoms. The quantitative estimate of drug-likeness (QED) is 0.755. The molecule has 1 amide bonds. The molecule has 25 heavy (non-hydrogen) atoms. The van der Waals surface area contributed by atoms with Crippen LogP contribution < -0.4 is 11.1 Å². The van der Waals surface area contributed by atoms with Gasteiger partial charge in [0, 0.05) is 6.54 Å². The molecule has 3 N–H and O–H groups in total. The van der Waals surface area contributed by atoms with Crippen LogP contribution in [0.2, 0.25) is 0 Å². The van der Waals surface area contributed by atoms with Gasteiger partial charge in [0.2, 0.25) is 5.91 Å². The van der Waals surface area contributed by atoms with E-state index in [2.05, 4.69) is 5.32 Å². The van der Waals surface area contributed by atoms with Gasteiger partial charge in [-0.15, -0.1) is 11.3 Å². The van der Waals surface area contributed by atoms with Crippen LogP contribution in [-0.2, 0) is 19.6 Å². The number of nitrogens with zero attached hydrogens (tertiary/aromatic N) is 1. The molecule has 140 valence electrons. The number of nitrogens with one attached hydrogen (secondary N) is 1. The molecule has 1 unspecified atom stereocenters. The Morgan fingerprint density at radius 3 is 2.80 bits per heavy atom. The fourth-order valence-corrected chi connectivity index (χ4v) is 5.37. The summed E-state index contributed by atoms with van der Waals surface area (Å²) in [6, 6.07) is 1.84. The average Bonchev–Trinajstić information content (AvgIpc) is 3.00. The Morgan fingerprint density at radius 2 is 2.20 bits per heavy atom. The van der Waals surface area contributed by atoms with E-state index >= 15 is 0 Å². The Kier molecular flexibility index (Phi) is 6.72. The van der Waals surface area contributed by atoms with E-state index in [1.807, 2.05) is 13.8 Å². The first-order valence-electron chi connectivity index (χ1n) is 8.34. The standard InChI is InChI=1S/C16H25N3O4S2/c1-11(2)9-12(17)16(21)18-13-5-3-7-19(10-14(13)20)25(22,23)15-6-4-8-24-15/h4,6,8,11-13H,3,5,7,9-10,17H2,1-2H3,(H,18,21)/t12-,13?/m0/s1. The van der Waals surface area contributed by atoms with Crippen molar-refractivity contribution in [1.29, 1.82) is 0 Å². The minimum Gasteiger partial charge on any atom is -0.345 e. The maximum atomic E-state index is 12.6. The Bertz CT molecular complexity index is 701. The van der Waals surface area contributed by atoms with Crippen LogP contribution in [0.5, 0.6) is 0 Å². The summed E-state index contributed by atoms with van der Waals surface area (Å²) in [5, 5.41) is 4.37. The fraction of sp³-hybridized carbons (Fsp3) is 0.625. The van der Waals surface area contributed by atoms with Crippen LogP contribution in [0.25, 0.3) is 0 Å². The lowest BCUT2D eigenvalue weighted by Crippen LogP contribution is -2.50. The zero-order valence-electron chi connectivity index (χ0n) is 14.5. The Balaban J connectivity index is 2.03. The highest BCUT2D eigenvalue weighted by Gasteiger charge is 2.33. The molecule has 7 nitrogen and oxygen atoms in total. The van der Waals surface area contributed by atoms with Gasteiger partial charge in [0.25, 0.3) is 10.0 Å². The van der Waals surface area contributed by atoms with Crippen LogP contribution >= 0.6 is 11.3 Å². The van der Waals surface area contributed by atoms with Crippen molar-refractivity contribution in [2.24, 2.45) is 11.7 Å². The van der Waals surface area contributed by atoms with Crippen molar-refractivity contribution in [3.63, 3.8) is 0 Å². The number of nitrogens with two attached hydrogens (primary N) is 1. The van der Waals surface area contributed by atoms with Gasteiger partial charge in [-0.05, 0) is 36.6 Å². The summed E-state index contributed by atoms with van der Waals surface area (Å²) in [6.45, 7) is 3.97. The van der Waals surface area contributed by atoms with Gasteiger partial charge in [0.1, 0.15) is 4.21 Å². The first kappa shape index (κ1) is 20.0. The van der Waals surface area contributed by atoms with Gasteiger partial charge in [-0.3, -0.25) is 9.59 Å². The third-order valence-electron chi connectivity index (χ3n) is 4.09. The lowest BCUT2D eigenvalue weighted by Gasteiger charge is -2.20. The molecule has 1 aliphatic rings. The molecule has 1 fully saturated rings. The molecule has 0 saturated carbocycles. The van der Waals surface area contributed by atoms with Gasteiger partial charge in [-0.25, -0.2) is 8.42 Å². The lowest BCUT2D eigenvalue weighted by atomic mass is 10.0. The minimum atomic E-state index is -3.67. The molecule has 1 aromatic rings. The van der Waals surface area contributed by atoms with Gasteiger partial charge < -0.3 is 11.1 Å². The van der Waals surface area contributed by atoms with Gasteiger partial charge in [0.15, 0.2) is 5.78 Å². The van der Waals surface area contributed by atoms with Crippen LogP contribution in [0.3, 0.4) is 0 Å². The maximum absolute atomic E-state index is 12.6. The second-order valence-corrected chi connectivity index (χ2v) is 9.79. The molecule has 0 bridgehead atoms. The number of amides is 1. The monoisotopic (exact) mass is 387 g/mol. The van der Waals surface area contributed by atoms with Crippen molar-refractivity contribution in [2.45, 2.75) is 49.4 Å². The zero-order valence-corrected chi connectivity index (χ0v) is 16.1. The molecule has 0 radical (unpaired) electrons. The van der Waals surface area contributed by atoms with Crippen LogP contribution in [0.1, 0.15) is 33.1 Å². The van der Waals surface area contributed by atoms with Crippen LogP contribution in [-0.4, -0.2) is 49.6 Å². The van der Waals surface area contributed by atoms with Crippen molar-refractivity contribution in [1.82, 2.24) is 9.62 Å². The molecular formula is C16H25N3O4S2. The molecule has 2 heterocycles. The molecule has 2 rings (SSSR count). The Labute approximate surface area is 152 Å². The van der Waals surface area contributed by atoms with Crippen molar-refractivity contribution in [3.05, 3.63) is 17.5 Å². The van der Waals surface area contributed by atoms with Crippen LogP contribution in [0.4, 0.5) is 0 Å². The van der Waals surface area contributed by atoms with Gasteiger partial charge >= 0.3 is 0 Å². The smallest absolute Gasteiger partial charge is 0.252 e. The summed E-state index contributed by atoms with van der Waals surface area (Å²) >= 11 is 1.13. The largest absolute Gasteiger partial charge is 0.345 e.